The zero-order valence-corrected chi connectivity index (χ0v) is 9.50. The minimum Gasteiger partial charge on any atom is -0.495 e. The van der Waals surface area contributed by atoms with Gasteiger partial charge in [-0.15, -0.1) is 0 Å². The number of nitrogen functional groups attached to an aromatic ring is 1. The quantitative estimate of drug-likeness (QED) is 0.788. The van der Waals surface area contributed by atoms with Crippen molar-refractivity contribution in [2.45, 2.75) is 6.10 Å². The van der Waals surface area contributed by atoms with Gasteiger partial charge in [0.2, 0.25) is 0 Å². The molecule has 1 atom stereocenters. The number of hydrogen-bond acceptors (Lipinski definition) is 4. The van der Waals surface area contributed by atoms with Crippen LogP contribution in [-0.2, 0) is 0 Å². The molecular weight excluding hydrogens is 216 g/mol. The Bertz CT molecular complexity index is 497. The minimum absolute atomic E-state index is 0.622. The number of benzene rings is 1. The van der Waals surface area contributed by atoms with Gasteiger partial charge in [-0.2, -0.15) is 0 Å². The summed E-state index contributed by atoms with van der Waals surface area (Å²) in [6.07, 6.45) is 2.49. The van der Waals surface area contributed by atoms with Crippen LogP contribution in [-0.4, -0.2) is 17.2 Å². The van der Waals surface area contributed by atoms with Gasteiger partial charge in [0.15, 0.2) is 0 Å². The van der Waals surface area contributed by atoms with Crippen LogP contribution in [0.15, 0.2) is 42.7 Å². The van der Waals surface area contributed by atoms with Crippen LogP contribution in [0.2, 0.25) is 0 Å². The van der Waals surface area contributed by atoms with Crippen LogP contribution < -0.4 is 10.5 Å². The van der Waals surface area contributed by atoms with Crippen molar-refractivity contribution < 1.29 is 9.84 Å². The van der Waals surface area contributed by atoms with Crippen molar-refractivity contribution >= 4 is 5.69 Å². The predicted octanol–water partition coefficient (Wildman–Crippen LogP) is 1.75. The zero-order chi connectivity index (χ0) is 12.3. The van der Waals surface area contributed by atoms with Crippen LogP contribution >= 0.6 is 0 Å². The smallest absolute Gasteiger partial charge is 0.137 e. The molecule has 1 aromatic carbocycles. The van der Waals surface area contributed by atoms with Gasteiger partial charge in [-0.3, -0.25) is 4.98 Å². The van der Waals surface area contributed by atoms with Gasteiger partial charge in [-0.25, -0.2) is 0 Å². The number of ether oxygens (including phenoxy) is 1. The third kappa shape index (κ3) is 2.54. The SMILES string of the molecule is COc1cncc(C(O)c2ccc(N)cc2)c1. The molecule has 0 saturated carbocycles. The van der Waals surface area contributed by atoms with E-state index in [9.17, 15) is 5.11 Å². The summed E-state index contributed by atoms with van der Waals surface area (Å²) in [6, 6.07) is 8.85. The summed E-state index contributed by atoms with van der Waals surface area (Å²) < 4.78 is 5.07. The van der Waals surface area contributed by atoms with Crippen molar-refractivity contribution in [1.82, 2.24) is 4.98 Å². The van der Waals surface area contributed by atoms with E-state index in [1.165, 1.54) is 0 Å². The van der Waals surface area contributed by atoms with Gasteiger partial charge in [-0.05, 0) is 23.8 Å². The van der Waals surface area contributed by atoms with Crippen LogP contribution in [0.4, 0.5) is 5.69 Å². The summed E-state index contributed by atoms with van der Waals surface area (Å²) in [5.74, 6) is 0.622. The van der Waals surface area contributed by atoms with Crippen molar-refractivity contribution in [3.05, 3.63) is 53.9 Å². The van der Waals surface area contributed by atoms with Crippen molar-refractivity contribution in [3.8, 4) is 5.75 Å². The highest BCUT2D eigenvalue weighted by molar-refractivity contribution is 5.42. The average molecular weight is 230 g/mol. The normalized spacial score (nSPS) is 12.1. The Morgan fingerprint density at radius 3 is 2.53 bits per heavy atom. The topological polar surface area (TPSA) is 68.4 Å². The van der Waals surface area contributed by atoms with Crippen LogP contribution in [0.1, 0.15) is 17.2 Å². The summed E-state index contributed by atoms with van der Waals surface area (Å²) in [5.41, 5.74) is 7.73. The van der Waals surface area contributed by atoms with Gasteiger partial charge in [-0.1, -0.05) is 12.1 Å². The number of aromatic nitrogens is 1. The monoisotopic (exact) mass is 230 g/mol. The second-order valence-corrected chi connectivity index (χ2v) is 3.73. The molecule has 4 heteroatoms. The van der Waals surface area contributed by atoms with Crippen molar-refractivity contribution in [2.75, 3.05) is 12.8 Å². The molecule has 1 heterocycles. The first-order valence-electron chi connectivity index (χ1n) is 5.23. The third-order valence-corrected chi connectivity index (χ3v) is 2.54. The van der Waals surface area contributed by atoms with E-state index in [1.54, 1.807) is 49.8 Å². The summed E-state index contributed by atoms with van der Waals surface area (Å²) in [5, 5.41) is 10.2. The van der Waals surface area contributed by atoms with Gasteiger partial charge >= 0.3 is 0 Å². The molecule has 17 heavy (non-hydrogen) atoms. The molecule has 0 bridgehead atoms. The summed E-state index contributed by atoms with van der Waals surface area (Å²) in [7, 11) is 1.57. The van der Waals surface area contributed by atoms with E-state index in [2.05, 4.69) is 4.98 Å². The Hall–Kier alpha value is -2.07. The maximum atomic E-state index is 10.2. The van der Waals surface area contributed by atoms with E-state index in [1.807, 2.05) is 0 Å². The molecule has 0 saturated heterocycles. The molecule has 0 amide bonds. The number of rotatable bonds is 3. The first kappa shape index (κ1) is 11.4. The number of aliphatic hydroxyl groups excluding tert-OH is 1. The van der Waals surface area contributed by atoms with Gasteiger partial charge in [0.05, 0.1) is 13.3 Å². The molecule has 4 nitrogen and oxygen atoms in total. The first-order chi connectivity index (χ1) is 8.20. The van der Waals surface area contributed by atoms with Crippen molar-refractivity contribution in [2.24, 2.45) is 0 Å². The minimum atomic E-state index is -0.724. The van der Waals surface area contributed by atoms with E-state index >= 15 is 0 Å². The van der Waals surface area contributed by atoms with Crippen LogP contribution in [0, 0.1) is 0 Å². The Labute approximate surface area is 99.7 Å². The number of pyridine rings is 1. The zero-order valence-electron chi connectivity index (χ0n) is 9.50. The Morgan fingerprint density at radius 2 is 1.88 bits per heavy atom. The standard InChI is InChI=1S/C13H14N2O2/c1-17-12-6-10(7-15-8-12)13(16)9-2-4-11(14)5-3-9/h2-8,13,16H,14H2,1H3. The Kier molecular flexibility index (Phi) is 3.25. The molecule has 0 aliphatic heterocycles. The molecular formula is C13H14N2O2. The first-order valence-corrected chi connectivity index (χ1v) is 5.23. The van der Waals surface area contributed by atoms with Crippen LogP contribution in [0.5, 0.6) is 5.75 Å². The molecule has 0 fully saturated rings. The largest absolute Gasteiger partial charge is 0.495 e. The van der Waals surface area contributed by atoms with Gasteiger partial charge in [0.1, 0.15) is 11.9 Å². The summed E-state index contributed by atoms with van der Waals surface area (Å²) >= 11 is 0. The number of anilines is 1. The second kappa shape index (κ2) is 4.84. The van der Waals surface area contributed by atoms with Crippen molar-refractivity contribution in [3.63, 3.8) is 0 Å². The number of hydrogen-bond donors (Lipinski definition) is 2. The summed E-state index contributed by atoms with van der Waals surface area (Å²) in [6.45, 7) is 0. The van der Waals surface area contributed by atoms with Crippen molar-refractivity contribution in [1.29, 1.82) is 0 Å². The van der Waals surface area contributed by atoms with Crippen LogP contribution in [0.25, 0.3) is 0 Å². The van der Waals surface area contributed by atoms with E-state index in [0.29, 0.717) is 17.0 Å². The highest BCUT2D eigenvalue weighted by Gasteiger charge is 2.11. The molecule has 0 aliphatic rings. The molecule has 88 valence electrons. The van der Waals surface area contributed by atoms with Crippen LogP contribution in [0.3, 0.4) is 0 Å². The molecule has 1 unspecified atom stereocenters. The fourth-order valence-corrected chi connectivity index (χ4v) is 1.57. The lowest BCUT2D eigenvalue weighted by Gasteiger charge is -2.12. The second-order valence-electron chi connectivity index (χ2n) is 3.73. The maximum Gasteiger partial charge on any atom is 0.137 e. The lowest BCUT2D eigenvalue weighted by atomic mass is 10.0. The van der Waals surface area contributed by atoms with Gasteiger partial charge in [0, 0.05) is 17.4 Å². The fourth-order valence-electron chi connectivity index (χ4n) is 1.57. The molecule has 2 rings (SSSR count). The molecule has 0 radical (unpaired) electrons. The number of aliphatic hydroxyl groups is 1. The molecule has 1 aromatic heterocycles. The Morgan fingerprint density at radius 1 is 1.18 bits per heavy atom. The highest BCUT2D eigenvalue weighted by Crippen LogP contribution is 2.24. The molecule has 3 N–H and O–H groups in total. The third-order valence-electron chi connectivity index (χ3n) is 2.54. The van der Waals surface area contributed by atoms with Gasteiger partial charge in [0.25, 0.3) is 0 Å². The van der Waals surface area contributed by atoms with E-state index in [0.717, 1.165) is 5.56 Å². The van der Waals surface area contributed by atoms with E-state index in [-0.39, 0.29) is 0 Å². The predicted molar refractivity (Wildman–Crippen MR) is 65.7 cm³/mol. The summed E-state index contributed by atoms with van der Waals surface area (Å²) in [4.78, 5) is 4.01. The average Bonchev–Trinajstić information content (AvgIpc) is 2.39. The lowest BCUT2D eigenvalue weighted by Crippen LogP contribution is -2.01. The maximum absolute atomic E-state index is 10.2. The molecule has 0 aliphatic carbocycles. The number of nitrogens with two attached hydrogens (primary N) is 1. The van der Waals surface area contributed by atoms with E-state index < -0.39 is 6.10 Å². The molecule has 0 spiro atoms. The Balaban J connectivity index is 2.29. The highest BCUT2D eigenvalue weighted by atomic mass is 16.5. The fraction of sp³-hybridized carbons (Fsp3) is 0.154. The lowest BCUT2D eigenvalue weighted by molar-refractivity contribution is 0.219. The molecule has 2 aromatic rings. The van der Waals surface area contributed by atoms with Gasteiger partial charge < -0.3 is 15.6 Å². The van der Waals surface area contributed by atoms with E-state index in [4.69, 9.17) is 10.5 Å². The number of methoxy groups -OCH3 is 1. The number of nitrogens with zero attached hydrogens (tertiary/aromatic N) is 1.